The Kier molecular flexibility index (Phi) is 3.63. The normalized spacial score (nSPS) is 10.5. The first kappa shape index (κ1) is 11.9. The summed E-state index contributed by atoms with van der Waals surface area (Å²) in [7, 11) is 1.19. The smallest absolute Gasteiger partial charge is 0.358 e. The van der Waals surface area contributed by atoms with Crippen LogP contribution in [0.5, 0.6) is 0 Å². The highest BCUT2D eigenvalue weighted by Crippen LogP contribution is 2.23. The van der Waals surface area contributed by atoms with Crippen LogP contribution in [0, 0.1) is 5.82 Å². The summed E-state index contributed by atoms with van der Waals surface area (Å²) >= 11 is 5.61. The van der Waals surface area contributed by atoms with Gasteiger partial charge in [-0.3, -0.25) is 0 Å². The van der Waals surface area contributed by atoms with Crippen molar-refractivity contribution in [1.82, 2.24) is 4.98 Å². The number of esters is 1. The number of nitrogens with zero attached hydrogens (tertiary/aromatic N) is 1. The van der Waals surface area contributed by atoms with Gasteiger partial charge in [-0.25, -0.2) is 14.2 Å². The molecule has 1 rings (SSSR count). The lowest BCUT2D eigenvalue weighted by Gasteiger charge is -2.08. The van der Waals surface area contributed by atoms with E-state index < -0.39 is 11.8 Å². The zero-order chi connectivity index (χ0) is 11.6. The zero-order valence-corrected chi connectivity index (χ0v) is 9.43. The highest BCUT2D eigenvalue weighted by molar-refractivity contribution is 6.33. The van der Waals surface area contributed by atoms with Gasteiger partial charge >= 0.3 is 5.97 Å². The molecule has 15 heavy (non-hydrogen) atoms. The number of methoxy groups -OCH3 is 1. The molecule has 0 spiro atoms. The third kappa shape index (κ3) is 2.45. The Morgan fingerprint density at radius 2 is 2.20 bits per heavy atom. The number of carbonyl (C=O) groups is 1. The molecule has 0 atom stereocenters. The van der Waals surface area contributed by atoms with E-state index in [-0.39, 0.29) is 16.6 Å². The van der Waals surface area contributed by atoms with E-state index in [0.717, 1.165) is 0 Å². The van der Waals surface area contributed by atoms with Gasteiger partial charge in [-0.1, -0.05) is 25.4 Å². The summed E-state index contributed by atoms with van der Waals surface area (Å²) in [5, 5.41) is -0.300. The lowest BCUT2D eigenvalue weighted by Crippen LogP contribution is -2.09. The van der Waals surface area contributed by atoms with Crippen LogP contribution in [0.1, 0.15) is 35.9 Å². The van der Waals surface area contributed by atoms with Gasteiger partial charge < -0.3 is 4.74 Å². The van der Waals surface area contributed by atoms with Crippen LogP contribution in [0.4, 0.5) is 4.39 Å². The third-order valence-electron chi connectivity index (χ3n) is 1.90. The van der Waals surface area contributed by atoms with Crippen molar-refractivity contribution in [3.63, 3.8) is 0 Å². The van der Waals surface area contributed by atoms with E-state index in [1.165, 1.54) is 13.2 Å². The number of hydrogen-bond acceptors (Lipinski definition) is 3. The maximum Gasteiger partial charge on any atom is 0.358 e. The average Bonchev–Trinajstić information content (AvgIpc) is 2.20. The maximum absolute atomic E-state index is 13.3. The standard InChI is InChI=1S/C10H11ClFNO2/c1-5(2)7-4-6(12)8(11)9(13-7)10(14)15-3/h4-5H,1-3H3. The average molecular weight is 232 g/mol. The van der Waals surface area contributed by atoms with Gasteiger partial charge in [0.05, 0.1) is 7.11 Å². The van der Waals surface area contributed by atoms with Gasteiger partial charge in [0, 0.05) is 5.69 Å². The summed E-state index contributed by atoms with van der Waals surface area (Å²) in [6, 6.07) is 1.22. The first-order valence-electron chi connectivity index (χ1n) is 4.41. The Balaban J connectivity index is 3.31. The molecule has 5 heteroatoms. The van der Waals surface area contributed by atoms with Gasteiger partial charge in [0.2, 0.25) is 0 Å². The number of hydrogen-bond donors (Lipinski definition) is 0. The Morgan fingerprint density at radius 3 is 2.67 bits per heavy atom. The first-order chi connectivity index (χ1) is 6.97. The molecule has 0 aliphatic heterocycles. The molecular weight excluding hydrogens is 221 g/mol. The molecular formula is C10H11ClFNO2. The SMILES string of the molecule is COC(=O)c1nc(C(C)C)cc(F)c1Cl. The molecule has 0 N–H and O–H groups in total. The van der Waals surface area contributed by atoms with E-state index in [2.05, 4.69) is 9.72 Å². The van der Waals surface area contributed by atoms with Crippen LogP contribution in [0.2, 0.25) is 5.02 Å². The van der Waals surface area contributed by atoms with Crippen LogP contribution < -0.4 is 0 Å². The Hall–Kier alpha value is -1.16. The van der Waals surface area contributed by atoms with Crippen LogP contribution in [-0.4, -0.2) is 18.1 Å². The summed E-state index contributed by atoms with van der Waals surface area (Å²) in [5.74, 6) is -1.38. The van der Waals surface area contributed by atoms with Crippen molar-refractivity contribution in [3.8, 4) is 0 Å². The van der Waals surface area contributed by atoms with Gasteiger partial charge in [0.25, 0.3) is 0 Å². The van der Waals surface area contributed by atoms with E-state index in [0.29, 0.717) is 5.69 Å². The van der Waals surface area contributed by atoms with Gasteiger partial charge in [-0.2, -0.15) is 0 Å². The topological polar surface area (TPSA) is 39.2 Å². The minimum Gasteiger partial charge on any atom is -0.464 e. The zero-order valence-electron chi connectivity index (χ0n) is 8.67. The van der Waals surface area contributed by atoms with Crippen molar-refractivity contribution in [2.45, 2.75) is 19.8 Å². The molecule has 0 aliphatic rings. The molecule has 0 saturated heterocycles. The molecule has 3 nitrogen and oxygen atoms in total. The van der Waals surface area contributed by atoms with Crippen molar-refractivity contribution in [2.24, 2.45) is 0 Å². The van der Waals surface area contributed by atoms with E-state index in [9.17, 15) is 9.18 Å². The van der Waals surface area contributed by atoms with E-state index in [1.807, 2.05) is 13.8 Å². The quantitative estimate of drug-likeness (QED) is 0.735. The van der Waals surface area contributed by atoms with Crippen molar-refractivity contribution < 1.29 is 13.9 Å². The van der Waals surface area contributed by atoms with Crippen LogP contribution in [0.25, 0.3) is 0 Å². The second-order valence-electron chi connectivity index (χ2n) is 3.34. The van der Waals surface area contributed by atoms with Crippen molar-refractivity contribution in [1.29, 1.82) is 0 Å². The summed E-state index contributed by atoms with van der Waals surface area (Å²) in [4.78, 5) is 15.2. The number of halogens is 2. The van der Waals surface area contributed by atoms with Crippen molar-refractivity contribution in [2.75, 3.05) is 7.11 Å². The largest absolute Gasteiger partial charge is 0.464 e. The van der Waals surface area contributed by atoms with E-state index in [1.54, 1.807) is 0 Å². The van der Waals surface area contributed by atoms with Crippen LogP contribution in [-0.2, 0) is 4.74 Å². The van der Waals surface area contributed by atoms with Gasteiger partial charge in [0.15, 0.2) is 5.69 Å². The lowest BCUT2D eigenvalue weighted by atomic mass is 10.1. The molecule has 0 saturated carbocycles. The molecule has 0 unspecified atom stereocenters. The number of ether oxygens (including phenoxy) is 1. The minimum atomic E-state index is -0.735. The molecule has 0 bridgehead atoms. The van der Waals surface area contributed by atoms with Crippen molar-refractivity contribution in [3.05, 3.63) is 28.3 Å². The Labute approximate surface area is 92.2 Å². The molecule has 0 aromatic carbocycles. The lowest BCUT2D eigenvalue weighted by molar-refractivity contribution is 0.0593. The van der Waals surface area contributed by atoms with Crippen molar-refractivity contribution >= 4 is 17.6 Å². The van der Waals surface area contributed by atoms with Crippen LogP contribution in [0.15, 0.2) is 6.07 Å². The summed E-state index contributed by atoms with van der Waals surface area (Å²) in [5.41, 5.74) is 0.292. The van der Waals surface area contributed by atoms with Crippen LogP contribution in [0.3, 0.4) is 0 Å². The van der Waals surface area contributed by atoms with Gasteiger partial charge in [-0.15, -0.1) is 0 Å². The van der Waals surface area contributed by atoms with Gasteiger partial charge in [-0.05, 0) is 12.0 Å². The Bertz CT molecular complexity index is 393. The highest BCUT2D eigenvalue weighted by atomic mass is 35.5. The predicted molar refractivity (Wildman–Crippen MR) is 54.6 cm³/mol. The second kappa shape index (κ2) is 4.57. The number of carbonyl (C=O) groups excluding carboxylic acids is 1. The molecule has 1 heterocycles. The molecule has 0 radical (unpaired) electrons. The summed E-state index contributed by atoms with van der Waals surface area (Å²) in [6.45, 7) is 3.69. The van der Waals surface area contributed by atoms with Crippen LogP contribution >= 0.6 is 11.6 Å². The minimum absolute atomic E-state index is 0.0140. The first-order valence-corrected chi connectivity index (χ1v) is 4.79. The second-order valence-corrected chi connectivity index (χ2v) is 3.72. The van der Waals surface area contributed by atoms with Gasteiger partial charge in [0.1, 0.15) is 10.8 Å². The summed E-state index contributed by atoms with van der Waals surface area (Å²) < 4.78 is 17.8. The fourth-order valence-electron chi connectivity index (χ4n) is 1.04. The molecule has 0 fully saturated rings. The monoisotopic (exact) mass is 231 g/mol. The number of pyridine rings is 1. The number of rotatable bonds is 2. The molecule has 1 aromatic rings. The fraction of sp³-hybridized carbons (Fsp3) is 0.400. The van der Waals surface area contributed by atoms with E-state index in [4.69, 9.17) is 11.6 Å². The third-order valence-corrected chi connectivity index (χ3v) is 2.26. The maximum atomic E-state index is 13.3. The molecule has 82 valence electrons. The predicted octanol–water partition coefficient (Wildman–Crippen LogP) is 2.78. The van der Waals surface area contributed by atoms with E-state index >= 15 is 0 Å². The summed E-state index contributed by atoms with van der Waals surface area (Å²) in [6.07, 6.45) is 0. The molecule has 0 aliphatic carbocycles. The number of aromatic nitrogens is 1. The fourth-order valence-corrected chi connectivity index (χ4v) is 1.22. The Morgan fingerprint density at radius 1 is 1.60 bits per heavy atom. The highest BCUT2D eigenvalue weighted by Gasteiger charge is 2.18. The molecule has 0 amide bonds. The molecule has 1 aromatic heterocycles.